The lowest BCUT2D eigenvalue weighted by Crippen LogP contribution is -2.34. The number of rotatable bonds is 7. The second-order valence-electron chi connectivity index (χ2n) is 3.77. The number of amides is 1. The highest BCUT2D eigenvalue weighted by Crippen LogP contribution is 2.06. The highest BCUT2D eigenvalue weighted by molar-refractivity contribution is 5.94. The van der Waals surface area contributed by atoms with E-state index in [2.05, 4.69) is 11.6 Å². The van der Waals surface area contributed by atoms with Gasteiger partial charge in [0.05, 0.1) is 12.3 Å². The van der Waals surface area contributed by atoms with E-state index >= 15 is 0 Å². The minimum absolute atomic E-state index is 0.0657. The summed E-state index contributed by atoms with van der Waals surface area (Å²) in [6.45, 7) is 5.48. The van der Waals surface area contributed by atoms with Gasteiger partial charge < -0.3 is 15.4 Å². The van der Waals surface area contributed by atoms with E-state index in [9.17, 15) is 4.79 Å². The molecule has 5 heteroatoms. The van der Waals surface area contributed by atoms with E-state index in [0.717, 1.165) is 0 Å². The Balaban J connectivity index is 2.82. The summed E-state index contributed by atoms with van der Waals surface area (Å²) < 4.78 is 4.99. The van der Waals surface area contributed by atoms with Crippen LogP contribution in [-0.2, 0) is 11.3 Å². The van der Waals surface area contributed by atoms with Gasteiger partial charge >= 0.3 is 0 Å². The Kier molecular flexibility index (Phi) is 6.04. The van der Waals surface area contributed by atoms with Gasteiger partial charge in [-0.1, -0.05) is 6.08 Å². The van der Waals surface area contributed by atoms with Crippen molar-refractivity contribution in [3.8, 4) is 0 Å². The molecule has 0 unspecified atom stereocenters. The van der Waals surface area contributed by atoms with Crippen molar-refractivity contribution in [2.75, 3.05) is 26.8 Å². The summed E-state index contributed by atoms with van der Waals surface area (Å²) in [5.41, 5.74) is 6.80. The van der Waals surface area contributed by atoms with Crippen LogP contribution in [-0.4, -0.2) is 42.6 Å². The van der Waals surface area contributed by atoms with Crippen molar-refractivity contribution in [1.82, 2.24) is 9.88 Å². The lowest BCUT2D eigenvalue weighted by molar-refractivity contribution is 0.0718. The first-order chi connectivity index (χ1) is 8.72. The number of nitrogens with zero attached hydrogens (tertiary/aromatic N) is 2. The summed E-state index contributed by atoms with van der Waals surface area (Å²) in [6.07, 6.45) is 3.29. The molecule has 0 spiro atoms. The molecule has 0 atom stereocenters. The fourth-order valence-electron chi connectivity index (χ4n) is 1.54. The number of ether oxygens (including phenoxy) is 1. The number of carbonyl (C=O) groups excluding carboxylic acids is 1. The molecule has 0 aliphatic heterocycles. The maximum Gasteiger partial charge on any atom is 0.254 e. The van der Waals surface area contributed by atoms with Gasteiger partial charge in [0.1, 0.15) is 0 Å². The first-order valence-electron chi connectivity index (χ1n) is 5.77. The number of hydrogen-bond donors (Lipinski definition) is 1. The second-order valence-corrected chi connectivity index (χ2v) is 3.77. The van der Waals surface area contributed by atoms with Gasteiger partial charge in [0, 0.05) is 38.5 Å². The van der Waals surface area contributed by atoms with Crippen LogP contribution in [0, 0.1) is 0 Å². The molecule has 0 aliphatic rings. The monoisotopic (exact) mass is 249 g/mol. The van der Waals surface area contributed by atoms with E-state index in [-0.39, 0.29) is 5.91 Å². The van der Waals surface area contributed by atoms with Gasteiger partial charge in [-0.15, -0.1) is 6.58 Å². The summed E-state index contributed by atoms with van der Waals surface area (Å²) in [6, 6.07) is 3.40. The first kappa shape index (κ1) is 14.3. The zero-order chi connectivity index (χ0) is 13.4. The normalized spacial score (nSPS) is 10.1. The van der Waals surface area contributed by atoms with Gasteiger partial charge in [-0.25, -0.2) is 0 Å². The molecular formula is C13H19N3O2. The molecule has 18 heavy (non-hydrogen) atoms. The van der Waals surface area contributed by atoms with Crippen LogP contribution in [0.2, 0.25) is 0 Å². The maximum absolute atomic E-state index is 12.3. The minimum Gasteiger partial charge on any atom is -0.383 e. The number of carbonyl (C=O) groups is 1. The Morgan fingerprint density at radius 1 is 1.67 bits per heavy atom. The maximum atomic E-state index is 12.3. The number of nitrogens with two attached hydrogens (primary N) is 1. The van der Waals surface area contributed by atoms with Crippen LogP contribution >= 0.6 is 0 Å². The Hall–Kier alpha value is -1.72. The summed E-state index contributed by atoms with van der Waals surface area (Å²) in [5.74, 6) is -0.0657. The molecule has 98 valence electrons. The minimum atomic E-state index is -0.0657. The van der Waals surface area contributed by atoms with Crippen molar-refractivity contribution >= 4 is 5.91 Å². The number of hydrogen-bond acceptors (Lipinski definition) is 4. The summed E-state index contributed by atoms with van der Waals surface area (Å²) in [4.78, 5) is 18.0. The molecular weight excluding hydrogens is 230 g/mol. The molecule has 0 saturated heterocycles. The Morgan fingerprint density at radius 3 is 3.06 bits per heavy atom. The van der Waals surface area contributed by atoms with E-state index < -0.39 is 0 Å². The molecule has 0 bridgehead atoms. The second kappa shape index (κ2) is 7.58. The van der Waals surface area contributed by atoms with E-state index in [4.69, 9.17) is 10.5 Å². The first-order valence-corrected chi connectivity index (χ1v) is 5.77. The quantitative estimate of drug-likeness (QED) is 0.726. The largest absolute Gasteiger partial charge is 0.383 e. The average Bonchev–Trinajstić information content (AvgIpc) is 2.42. The van der Waals surface area contributed by atoms with Crippen LogP contribution in [0.15, 0.2) is 31.0 Å². The highest BCUT2D eigenvalue weighted by Gasteiger charge is 2.14. The van der Waals surface area contributed by atoms with Gasteiger partial charge in [-0.3, -0.25) is 9.78 Å². The zero-order valence-corrected chi connectivity index (χ0v) is 10.6. The Bertz CT molecular complexity index is 407. The average molecular weight is 249 g/mol. The van der Waals surface area contributed by atoms with Gasteiger partial charge in [-0.2, -0.15) is 0 Å². The van der Waals surface area contributed by atoms with Crippen molar-refractivity contribution in [2.45, 2.75) is 6.54 Å². The molecule has 1 aromatic heterocycles. The molecule has 5 nitrogen and oxygen atoms in total. The van der Waals surface area contributed by atoms with Gasteiger partial charge in [0.2, 0.25) is 0 Å². The standard InChI is InChI=1S/C13H19N3O2/c1-3-6-16(7-8-18-2)13(17)11-4-5-15-12(9-11)10-14/h3-5,9H,1,6-8,10,14H2,2H3. The van der Waals surface area contributed by atoms with Crippen LogP contribution in [0.25, 0.3) is 0 Å². The fourth-order valence-corrected chi connectivity index (χ4v) is 1.54. The van der Waals surface area contributed by atoms with Crippen LogP contribution in [0.1, 0.15) is 16.1 Å². The van der Waals surface area contributed by atoms with Crippen molar-refractivity contribution in [3.63, 3.8) is 0 Å². The molecule has 1 amide bonds. The van der Waals surface area contributed by atoms with Crippen LogP contribution in [0.3, 0.4) is 0 Å². The molecule has 1 heterocycles. The SMILES string of the molecule is C=CCN(CCOC)C(=O)c1ccnc(CN)c1. The zero-order valence-electron chi connectivity index (χ0n) is 10.6. The van der Waals surface area contributed by atoms with E-state index in [1.165, 1.54) is 0 Å². The predicted octanol–water partition coefficient (Wildman–Crippen LogP) is 0.815. The molecule has 2 N–H and O–H groups in total. The lowest BCUT2D eigenvalue weighted by Gasteiger charge is -2.20. The number of aromatic nitrogens is 1. The molecule has 0 saturated carbocycles. The summed E-state index contributed by atoms with van der Waals surface area (Å²) in [7, 11) is 1.61. The smallest absolute Gasteiger partial charge is 0.254 e. The van der Waals surface area contributed by atoms with Crippen LogP contribution in [0.4, 0.5) is 0 Å². The fraction of sp³-hybridized carbons (Fsp3) is 0.385. The van der Waals surface area contributed by atoms with Gasteiger partial charge in [-0.05, 0) is 12.1 Å². The van der Waals surface area contributed by atoms with E-state index in [1.807, 2.05) is 0 Å². The summed E-state index contributed by atoms with van der Waals surface area (Å²) >= 11 is 0. The molecule has 0 aliphatic carbocycles. The third-order valence-electron chi connectivity index (χ3n) is 2.47. The van der Waals surface area contributed by atoms with Crippen LogP contribution < -0.4 is 5.73 Å². The van der Waals surface area contributed by atoms with Crippen molar-refractivity contribution in [1.29, 1.82) is 0 Å². The van der Waals surface area contributed by atoms with E-state index in [0.29, 0.717) is 37.5 Å². The topological polar surface area (TPSA) is 68.5 Å². The Labute approximate surface area is 107 Å². The molecule has 0 aromatic carbocycles. The lowest BCUT2D eigenvalue weighted by atomic mass is 10.2. The van der Waals surface area contributed by atoms with Crippen molar-refractivity contribution in [2.24, 2.45) is 5.73 Å². The van der Waals surface area contributed by atoms with Crippen molar-refractivity contribution in [3.05, 3.63) is 42.2 Å². The number of pyridine rings is 1. The van der Waals surface area contributed by atoms with Crippen LogP contribution in [0.5, 0.6) is 0 Å². The molecule has 1 rings (SSSR count). The number of methoxy groups -OCH3 is 1. The molecule has 0 fully saturated rings. The third-order valence-corrected chi connectivity index (χ3v) is 2.47. The van der Waals surface area contributed by atoms with Gasteiger partial charge in [0.15, 0.2) is 0 Å². The van der Waals surface area contributed by atoms with E-state index in [1.54, 1.807) is 36.4 Å². The molecule has 0 radical (unpaired) electrons. The Morgan fingerprint density at radius 2 is 2.44 bits per heavy atom. The third kappa shape index (κ3) is 3.94. The highest BCUT2D eigenvalue weighted by atomic mass is 16.5. The van der Waals surface area contributed by atoms with Crippen molar-refractivity contribution < 1.29 is 9.53 Å². The van der Waals surface area contributed by atoms with Gasteiger partial charge in [0.25, 0.3) is 5.91 Å². The molecule has 1 aromatic rings. The summed E-state index contributed by atoms with van der Waals surface area (Å²) in [5, 5.41) is 0. The predicted molar refractivity (Wildman–Crippen MR) is 70.1 cm³/mol.